The average molecular weight is 570 g/mol. The van der Waals surface area contributed by atoms with Gasteiger partial charge in [0.15, 0.2) is 5.75 Å². The minimum absolute atomic E-state index is 0.0266. The van der Waals surface area contributed by atoms with Crippen LogP contribution < -0.4 is 15.8 Å². The lowest BCUT2D eigenvalue weighted by atomic mass is 9.84. The molecule has 220 valence electrons. The van der Waals surface area contributed by atoms with Crippen LogP contribution >= 0.6 is 0 Å². The number of nitrogens with two attached hydrogens (primary N) is 1. The van der Waals surface area contributed by atoms with Crippen LogP contribution in [0.5, 0.6) is 11.5 Å². The molecule has 3 heterocycles. The zero-order chi connectivity index (χ0) is 29.5. The Balaban J connectivity index is 1.22. The van der Waals surface area contributed by atoms with E-state index in [4.69, 9.17) is 24.7 Å². The lowest BCUT2D eigenvalue weighted by Gasteiger charge is -2.24. The van der Waals surface area contributed by atoms with Crippen molar-refractivity contribution in [3.63, 3.8) is 0 Å². The Labute approximate surface area is 237 Å². The summed E-state index contributed by atoms with van der Waals surface area (Å²) in [7, 11) is 1.33. The quantitative estimate of drug-likeness (QED) is 0.153. The number of nitrogens with zero attached hydrogens (tertiary/aromatic N) is 1. The second-order valence-electron chi connectivity index (χ2n) is 11.1. The van der Waals surface area contributed by atoms with Crippen LogP contribution in [0.25, 0.3) is 0 Å². The van der Waals surface area contributed by atoms with Gasteiger partial charge in [-0.05, 0) is 63.2 Å². The van der Waals surface area contributed by atoms with Gasteiger partial charge in [-0.1, -0.05) is 12.7 Å². The SMILES string of the molecule is C=C1C(=O)O[C@H]2[C@H]1CC/C(COC(=O)N1CCC[C@H]1C(=O)Nc1ccc(OC)c(C(N)=O)c1O)=C\CC[C@@]1(C)O[C@@H]21. The summed E-state index contributed by atoms with van der Waals surface area (Å²) >= 11 is 0. The van der Waals surface area contributed by atoms with Gasteiger partial charge in [-0.25, -0.2) is 9.59 Å². The molecule has 0 aromatic heterocycles. The number of hydrogen-bond acceptors (Lipinski definition) is 9. The fourth-order valence-electron chi connectivity index (χ4n) is 6.04. The van der Waals surface area contributed by atoms with E-state index in [9.17, 15) is 24.3 Å². The van der Waals surface area contributed by atoms with Crippen molar-refractivity contribution in [2.24, 2.45) is 11.7 Å². The minimum atomic E-state index is -0.915. The molecule has 4 aliphatic rings. The van der Waals surface area contributed by atoms with Crippen molar-refractivity contribution in [2.45, 2.75) is 69.3 Å². The Morgan fingerprint density at radius 2 is 2.07 bits per heavy atom. The number of rotatable bonds is 6. The summed E-state index contributed by atoms with van der Waals surface area (Å²) in [5, 5.41) is 13.1. The van der Waals surface area contributed by atoms with Crippen LogP contribution in [0.4, 0.5) is 10.5 Å². The molecular weight excluding hydrogens is 534 g/mol. The second kappa shape index (κ2) is 11.1. The van der Waals surface area contributed by atoms with E-state index in [1.807, 2.05) is 6.92 Å². The van der Waals surface area contributed by atoms with Gasteiger partial charge in [0.2, 0.25) is 5.91 Å². The van der Waals surface area contributed by atoms with Gasteiger partial charge in [0.25, 0.3) is 5.91 Å². The molecular formula is C29H35N3O9. The lowest BCUT2D eigenvalue weighted by Crippen LogP contribution is -2.43. The van der Waals surface area contributed by atoms with Crippen LogP contribution in [-0.2, 0) is 23.8 Å². The van der Waals surface area contributed by atoms with Gasteiger partial charge in [0.05, 0.1) is 18.4 Å². The largest absolute Gasteiger partial charge is 0.505 e. The smallest absolute Gasteiger partial charge is 0.410 e. The Morgan fingerprint density at radius 3 is 2.80 bits per heavy atom. The number of likely N-dealkylation sites (tertiary alicyclic amines) is 1. The minimum Gasteiger partial charge on any atom is -0.505 e. The van der Waals surface area contributed by atoms with E-state index in [1.54, 1.807) is 0 Å². The maximum atomic E-state index is 13.1. The maximum Gasteiger partial charge on any atom is 0.410 e. The Kier molecular flexibility index (Phi) is 7.69. The number of hydrogen-bond donors (Lipinski definition) is 3. The third-order valence-corrected chi connectivity index (χ3v) is 8.47. The highest BCUT2D eigenvalue weighted by atomic mass is 16.6. The first kappa shape index (κ1) is 28.5. The van der Waals surface area contributed by atoms with Crippen molar-refractivity contribution in [3.05, 3.63) is 41.5 Å². The highest BCUT2D eigenvalue weighted by Crippen LogP contribution is 2.49. The fraction of sp³-hybridized carbons (Fsp3) is 0.517. The molecule has 3 aliphatic heterocycles. The number of amides is 3. The number of phenols is 1. The summed E-state index contributed by atoms with van der Waals surface area (Å²) in [6.07, 6.45) is 4.60. The van der Waals surface area contributed by atoms with Crippen LogP contribution in [0.2, 0.25) is 0 Å². The van der Waals surface area contributed by atoms with Crippen molar-refractivity contribution in [3.8, 4) is 11.5 Å². The molecule has 41 heavy (non-hydrogen) atoms. The summed E-state index contributed by atoms with van der Waals surface area (Å²) in [5.41, 5.74) is 6.07. The normalized spacial score (nSPS) is 30.3. The molecule has 0 radical (unpaired) electrons. The van der Waals surface area contributed by atoms with E-state index >= 15 is 0 Å². The number of carbonyl (C=O) groups is 4. The van der Waals surface area contributed by atoms with Crippen LogP contribution in [0, 0.1) is 5.92 Å². The number of allylic oxidation sites excluding steroid dienone is 1. The second-order valence-corrected chi connectivity index (χ2v) is 11.1. The Bertz CT molecular complexity index is 1320. The first-order valence-corrected chi connectivity index (χ1v) is 13.7. The number of carbonyl (C=O) groups excluding carboxylic acids is 4. The number of nitrogens with one attached hydrogen (secondary N) is 1. The Morgan fingerprint density at radius 1 is 1.29 bits per heavy atom. The molecule has 0 spiro atoms. The molecule has 5 atom stereocenters. The third-order valence-electron chi connectivity index (χ3n) is 8.47. The van der Waals surface area contributed by atoms with Crippen LogP contribution in [0.1, 0.15) is 55.8 Å². The first-order chi connectivity index (χ1) is 19.5. The molecule has 1 aromatic rings. The van der Waals surface area contributed by atoms with Gasteiger partial charge in [-0.15, -0.1) is 0 Å². The van der Waals surface area contributed by atoms with Gasteiger partial charge in [-0.3, -0.25) is 14.5 Å². The van der Waals surface area contributed by atoms with Gasteiger partial charge in [-0.2, -0.15) is 0 Å². The average Bonchev–Trinajstić information content (AvgIpc) is 3.24. The number of ether oxygens (including phenoxy) is 4. The number of fused-ring (bicyclic) bond motifs is 3. The molecule has 0 unspecified atom stereocenters. The van der Waals surface area contributed by atoms with Crippen LogP contribution in [0.3, 0.4) is 0 Å². The number of epoxide rings is 1. The topological polar surface area (TPSA) is 170 Å². The van der Waals surface area contributed by atoms with Crippen molar-refractivity contribution in [2.75, 3.05) is 25.6 Å². The number of benzene rings is 1. The van der Waals surface area contributed by atoms with Crippen molar-refractivity contribution < 1.29 is 43.2 Å². The summed E-state index contributed by atoms with van der Waals surface area (Å²) in [5.74, 6) is -2.45. The molecule has 3 saturated heterocycles. The van der Waals surface area contributed by atoms with Gasteiger partial charge < -0.3 is 35.1 Å². The van der Waals surface area contributed by atoms with Crippen molar-refractivity contribution >= 4 is 29.6 Å². The van der Waals surface area contributed by atoms with Crippen molar-refractivity contribution in [1.82, 2.24) is 4.90 Å². The highest BCUT2D eigenvalue weighted by molar-refractivity contribution is 6.04. The lowest BCUT2D eigenvalue weighted by molar-refractivity contribution is -0.140. The predicted octanol–water partition coefficient (Wildman–Crippen LogP) is 2.79. The molecule has 1 aliphatic carbocycles. The number of esters is 1. The van der Waals surface area contributed by atoms with Crippen LogP contribution in [-0.4, -0.2) is 78.0 Å². The summed E-state index contributed by atoms with van der Waals surface area (Å²) in [6.45, 7) is 6.32. The molecule has 12 heteroatoms. The fourth-order valence-corrected chi connectivity index (χ4v) is 6.04. The highest BCUT2D eigenvalue weighted by Gasteiger charge is 2.61. The first-order valence-electron chi connectivity index (χ1n) is 13.7. The zero-order valence-electron chi connectivity index (χ0n) is 23.1. The number of methoxy groups -OCH3 is 1. The van der Waals surface area contributed by atoms with Gasteiger partial charge in [0, 0.05) is 18.0 Å². The van der Waals surface area contributed by atoms with Crippen LogP contribution in [0.15, 0.2) is 35.9 Å². The standard InChI is InChI=1S/C29H35N3O9/c1-15-17-9-8-16(6-4-12-29(2)24(41-29)23(17)40-27(15)36)14-39-28(37)32-13-5-7-19(32)26(35)31-18-10-11-20(38-3)21(22(18)33)25(30)34/h6,10-11,17,19,23-24,33H,1,4-5,7-9,12-14H2,2-3H3,(H2,30,34)(H,31,35)/b16-6+/t17-,19-,23-,24-,29+/m0/s1. The third kappa shape index (κ3) is 5.48. The Hall–Kier alpha value is -4.06. The number of aromatic hydroxyl groups is 1. The maximum absolute atomic E-state index is 13.1. The van der Waals surface area contributed by atoms with E-state index in [2.05, 4.69) is 18.0 Å². The zero-order valence-corrected chi connectivity index (χ0v) is 23.1. The molecule has 4 N–H and O–H groups in total. The molecule has 3 fully saturated rings. The number of anilines is 1. The summed E-state index contributed by atoms with van der Waals surface area (Å²) in [4.78, 5) is 51.6. The van der Waals surface area contributed by atoms with E-state index in [0.717, 1.165) is 18.4 Å². The van der Waals surface area contributed by atoms with E-state index in [1.165, 1.54) is 24.1 Å². The number of primary amides is 1. The molecule has 5 rings (SSSR count). The monoisotopic (exact) mass is 569 g/mol. The molecule has 1 aromatic carbocycles. The predicted molar refractivity (Wildman–Crippen MR) is 145 cm³/mol. The molecule has 12 nitrogen and oxygen atoms in total. The van der Waals surface area contributed by atoms with E-state index in [-0.39, 0.29) is 53.3 Å². The van der Waals surface area contributed by atoms with Crippen molar-refractivity contribution in [1.29, 1.82) is 0 Å². The van der Waals surface area contributed by atoms with E-state index in [0.29, 0.717) is 37.8 Å². The van der Waals surface area contributed by atoms with Gasteiger partial charge in [0.1, 0.15) is 36.2 Å². The summed E-state index contributed by atoms with van der Waals surface area (Å²) < 4.78 is 22.2. The summed E-state index contributed by atoms with van der Waals surface area (Å²) in [6, 6.07) is 1.97. The van der Waals surface area contributed by atoms with Gasteiger partial charge >= 0.3 is 12.1 Å². The molecule has 0 bridgehead atoms. The molecule has 0 saturated carbocycles. The molecule has 3 amide bonds. The van der Waals surface area contributed by atoms with E-state index < -0.39 is 29.7 Å².